The largest absolute Gasteiger partial charge is 0.480 e. The summed E-state index contributed by atoms with van der Waals surface area (Å²) in [6, 6.07) is -0.851. The fraction of sp³-hybridized carbons (Fsp3) is 0.818. The highest BCUT2D eigenvalue weighted by atomic mass is 32.2. The molecular formula is C11H21NO4S. The molecule has 0 aliphatic carbocycles. The number of carboxylic acids is 1. The number of nitrogens with one attached hydrogen (secondary N) is 1. The topological polar surface area (TPSA) is 75.6 Å². The Morgan fingerprint density at radius 1 is 1.53 bits per heavy atom. The minimum atomic E-state index is -1.01. The van der Waals surface area contributed by atoms with Crippen LogP contribution in [-0.2, 0) is 14.3 Å². The molecule has 0 aromatic carbocycles. The van der Waals surface area contributed by atoms with E-state index in [0.717, 1.165) is 0 Å². The third-order valence-corrected chi connectivity index (χ3v) is 3.46. The van der Waals surface area contributed by atoms with Crippen LogP contribution in [0.3, 0.4) is 0 Å². The Bertz CT molecular complexity index is 266. The van der Waals surface area contributed by atoms with Gasteiger partial charge in [-0.05, 0) is 31.8 Å². The van der Waals surface area contributed by atoms with E-state index in [0.29, 0.717) is 18.6 Å². The molecule has 5 nitrogen and oxygen atoms in total. The third kappa shape index (κ3) is 4.95. The monoisotopic (exact) mass is 263 g/mol. The molecule has 0 fully saturated rings. The molecule has 100 valence electrons. The summed E-state index contributed by atoms with van der Waals surface area (Å²) in [6.45, 7) is 3.47. The first-order valence-electron chi connectivity index (χ1n) is 5.49. The second-order valence-electron chi connectivity index (χ2n) is 3.93. The van der Waals surface area contributed by atoms with Crippen molar-refractivity contribution < 1.29 is 19.4 Å². The first kappa shape index (κ1) is 16.2. The summed E-state index contributed by atoms with van der Waals surface area (Å²) in [5, 5.41) is 11.5. The first-order valence-corrected chi connectivity index (χ1v) is 6.88. The van der Waals surface area contributed by atoms with Crippen LogP contribution in [0.1, 0.15) is 26.7 Å². The average Bonchev–Trinajstić information content (AvgIpc) is 2.32. The molecule has 1 amide bonds. The van der Waals surface area contributed by atoms with Crippen LogP contribution in [-0.4, -0.2) is 47.7 Å². The van der Waals surface area contributed by atoms with Crippen LogP contribution in [0.15, 0.2) is 0 Å². The van der Waals surface area contributed by atoms with Crippen molar-refractivity contribution in [1.29, 1.82) is 0 Å². The van der Waals surface area contributed by atoms with E-state index in [1.807, 2.05) is 13.2 Å². The molecule has 0 aromatic heterocycles. The molecular weight excluding hydrogens is 242 g/mol. The summed E-state index contributed by atoms with van der Waals surface area (Å²) in [7, 11) is 1.45. The molecule has 0 bridgehead atoms. The van der Waals surface area contributed by atoms with Gasteiger partial charge in [-0.25, -0.2) is 4.79 Å². The molecule has 17 heavy (non-hydrogen) atoms. The molecule has 2 N–H and O–H groups in total. The second-order valence-corrected chi connectivity index (χ2v) is 4.92. The summed E-state index contributed by atoms with van der Waals surface area (Å²) in [5.41, 5.74) is -0.965. The lowest BCUT2D eigenvalue weighted by Gasteiger charge is -2.27. The van der Waals surface area contributed by atoms with Crippen molar-refractivity contribution in [2.75, 3.05) is 19.1 Å². The molecule has 2 atom stereocenters. The lowest BCUT2D eigenvalue weighted by atomic mass is 10.0. The summed E-state index contributed by atoms with van der Waals surface area (Å²) >= 11 is 1.55. The van der Waals surface area contributed by atoms with E-state index in [9.17, 15) is 9.59 Å². The van der Waals surface area contributed by atoms with Gasteiger partial charge in [-0.15, -0.1) is 0 Å². The van der Waals surface area contributed by atoms with E-state index >= 15 is 0 Å². The number of rotatable bonds is 8. The van der Waals surface area contributed by atoms with Crippen molar-refractivity contribution in [3.63, 3.8) is 0 Å². The van der Waals surface area contributed by atoms with Crippen LogP contribution in [0, 0.1) is 0 Å². The maximum absolute atomic E-state index is 11.9. The molecule has 0 radical (unpaired) electrons. The summed E-state index contributed by atoms with van der Waals surface area (Å²) < 4.78 is 5.12. The highest BCUT2D eigenvalue weighted by Gasteiger charge is 2.33. The molecule has 0 aromatic rings. The lowest BCUT2D eigenvalue weighted by Crippen LogP contribution is -2.51. The average molecular weight is 263 g/mol. The van der Waals surface area contributed by atoms with Crippen molar-refractivity contribution in [3.8, 4) is 0 Å². The Kier molecular flexibility index (Phi) is 7.22. The number of hydrogen-bond donors (Lipinski definition) is 2. The van der Waals surface area contributed by atoms with Gasteiger partial charge in [0.15, 0.2) is 0 Å². The zero-order valence-electron chi connectivity index (χ0n) is 10.8. The molecule has 0 rings (SSSR count). The first-order chi connectivity index (χ1) is 7.91. The normalized spacial score (nSPS) is 16.0. The van der Waals surface area contributed by atoms with E-state index in [1.165, 1.54) is 7.11 Å². The van der Waals surface area contributed by atoms with Gasteiger partial charge in [0.1, 0.15) is 11.6 Å². The second kappa shape index (κ2) is 7.55. The zero-order chi connectivity index (χ0) is 13.5. The molecule has 0 saturated carbocycles. The van der Waals surface area contributed by atoms with Crippen LogP contribution < -0.4 is 5.32 Å². The summed E-state index contributed by atoms with van der Waals surface area (Å²) in [6.07, 6.45) is 2.79. The van der Waals surface area contributed by atoms with Crippen LogP contribution >= 0.6 is 11.8 Å². The van der Waals surface area contributed by atoms with Crippen LogP contribution in [0.4, 0.5) is 0 Å². The Morgan fingerprint density at radius 2 is 2.12 bits per heavy atom. The van der Waals surface area contributed by atoms with Crippen molar-refractivity contribution in [2.45, 2.75) is 38.3 Å². The van der Waals surface area contributed by atoms with Crippen LogP contribution in [0.2, 0.25) is 0 Å². The summed E-state index contributed by atoms with van der Waals surface area (Å²) in [4.78, 5) is 22.9. The molecule has 0 aliphatic rings. The fourth-order valence-corrected chi connectivity index (χ4v) is 1.67. The Hall–Kier alpha value is -0.750. The quantitative estimate of drug-likeness (QED) is 0.686. The fourth-order valence-electron chi connectivity index (χ4n) is 1.20. The number of carboxylic acid groups (broad SMARTS) is 1. The number of ether oxygens (including phenoxy) is 1. The standard InChI is InChI=1S/C11H21NO4S/c1-5-11(2,16-3)10(15)12-8(9(13)14)6-7-17-4/h8H,5-7H2,1-4H3,(H,12,15)(H,13,14)/t8-,11?/m1/s1. The maximum Gasteiger partial charge on any atom is 0.326 e. The van der Waals surface area contributed by atoms with Crippen LogP contribution in [0.5, 0.6) is 0 Å². The Morgan fingerprint density at radius 3 is 2.47 bits per heavy atom. The SMILES string of the molecule is CCC(C)(OC)C(=O)N[C@H](CCSC)C(=O)O. The predicted molar refractivity (Wildman–Crippen MR) is 68.3 cm³/mol. The van der Waals surface area contributed by atoms with Crippen molar-refractivity contribution in [3.05, 3.63) is 0 Å². The van der Waals surface area contributed by atoms with E-state index in [2.05, 4.69) is 5.32 Å². The van der Waals surface area contributed by atoms with Gasteiger partial charge in [-0.2, -0.15) is 11.8 Å². The highest BCUT2D eigenvalue weighted by molar-refractivity contribution is 7.98. The van der Waals surface area contributed by atoms with Crippen molar-refractivity contribution in [2.24, 2.45) is 0 Å². The van der Waals surface area contributed by atoms with Gasteiger partial charge in [0.25, 0.3) is 5.91 Å². The Balaban J connectivity index is 4.54. The number of hydrogen-bond acceptors (Lipinski definition) is 4. The van der Waals surface area contributed by atoms with Gasteiger partial charge in [-0.1, -0.05) is 6.92 Å². The van der Waals surface area contributed by atoms with E-state index in [-0.39, 0.29) is 5.91 Å². The van der Waals surface area contributed by atoms with Crippen molar-refractivity contribution >= 4 is 23.6 Å². The number of methoxy groups -OCH3 is 1. The molecule has 0 aliphatic heterocycles. The van der Waals surface area contributed by atoms with E-state index in [1.54, 1.807) is 18.7 Å². The number of carbonyl (C=O) groups excluding carboxylic acids is 1. The lowest BCUT2D eigenvalue weighted by molar-refractivity contribution is -0.148. The predicted octanol–water partition coefficient (Wildman–Crippen LogP) is 1.12. The zero-order valence-corrected chi connectivity index (χ0v) is 11.6. The third-order valence-electron chi connectivity index (χ3n) is 2.82. The maximum atomic E-state index is 11.9. The molecule has 0 spiro atoms. The van der Waals surface area contributed by atoms with Gasteiger partial charge in [0.2, 0.25) is 0 Å². The minimum Gasteiger partial charge on any atom is -0.480 e. The summed E-state index contributed by atoms with van der Waals surface area (Å²) in [5.74, 6) is -0.703. The highest BCUT2D eigenvalue weighted by Crippen LogP contribution is 2.14. The van der Waals surface area contributed by atoms with Gasteiger partial charge in [0.05, 0.1) is 0 Å². The Labute approximate surface area is 106 Å². The molecule has 1 unspecified atom stereocenters. The van der Waals surface area contributed by atoms with E-state index < -0.39 is 17.6 Å². The molecule has 0 saturated heterocycles. The van der Waals surface area contributed by atoms with Crippen LogP contribution in [0.25, 0.3) is 0 Å². The van der Waals surface area contributed by atoms with Gasteiger partial charge in [-0.3, -0.25) is 4.79 Å². The van der Waals surface area contributed by atoms with Gasteiger partial charge in [0, 0.05) is 7.11 Å². The smallest absolute Gasteiger partial charge is 0.326 e. The minimum absolute atomic E-state index is 0.379. The number of carbonyl (C=O) groups is 2. The molecule has 6 heteroatoms. The molecule has 0 heterocycles. The van der Waals surface area contributed by atoms with Gasteiger partial charge >= 0.3 is 5.97 Å². The van der Waals surface area contributed by atoms with Crippen molar-refractivity contribution in [1.82, 2.24) is 5.32 Å². The number of amides is 1. The van der Waals surface area contributed by atoms with Gasteiger partial charge < -0.3 is 15.2 Å². The van der Waals surface area contributed by atoms with E-state index in [4.69, 9.17) is 9.84 Å². The number of aliphatic carboxylic acids is 1. The number of thioether (sulfide) groups is 1.